The van der Waals surface area contributed by atoms with E-state index in [0.717, 1.165) is 42.4 Å². The molecule has 4 nitrogen and oxygen atoms in total. The molecule has 1 amide bonds. The second kappa shape index (κ2) is 16.3. The van der Waals surface area contributed by atoms with Gasteiger partial charge in [0.05, 0.1) is 19.3 Å². The summed E-state index contributed by atoms with van der Waals surface area (Å²) >= 11 is 0. The number of aliphatic hydroxyl groups excluding tert-OH is 1. The Morgan fingerprint density at radius 2 is 1.80 bits per heavy atom. The maximum absolute atomic E-state index is 12.1. The van der Waals surface area contributed by atoms with Gasteiger partial charge >= 0.3 is 0 Å². The van der Waals surface area contributed by atoms with Crippen molar-refractivity contribution < 1.29 is 14.6 Å². The summed E-state index contributed by atoms with van der Waals surface area (Å²) in [6.07, 6.45) is 19.1. The molecule has 8 unspecified atom stereocenters. The van der Waals surface area contributed by atoms with Crippen molar-refractivity contribution in [1.82, 2.24) is 5.32 Å². The van der Waals surface area contributed by atoms with Gasteiger partial charge in [-0.15, -0.1) is 0 Å². The Kier molecular flexibility index (Phi) is 14.5. The van der Waals surface area contributed by atoms with Crippen LogP contribution in [0, 0.1) is 40.4 Å². The van der Waals surface area contributed by atoms with E-state index in [4.69, 9.17) is 12.6 Å². The van der Waals surface area contributed by atoms with Gasteiger partial charge < -0.3 is 15.2 Å². The number of aliphatic hydroxyl groups is 1. The van der Waals surface area contributed by atoms with E-state index in [1.165, 1.54) is 64.2 Å². The number of amides is 1. The van der Waals surface area contributed by atoms with E-state index in [0.29, 0.717) is 17.4 Å². The lowest BCUT2D eigenvalue weighted by molar-refractivity contribution is -0.124. The number of unbranched alkanes of at least 4 members (excludes halogenated alkanes) is 1. The quantitative estimate of drug-likeness (QED) is 0.148. The maximum Gasteiger partial charge on any atom is 0.222 e. The van der Waals surface area contributed by atoms with Gasteiger partial charge in [0, 0.05) is 11.9 Å². The summed E-state index contributed by atoms with van der Waals surface area (Å²) in [5.41, 5.74) is 1.46. The van der Waals surface area contributed by atoms with E-state index in [1.807, 2.05) is 27.7 Å². The minimum Gasteiger partial charge on any atom is -0.395 e. The molecule has 0 bridgehead atoms. The van der Waals surface area contributed by atoms with Crippen molar-refractivity contribution in [1.29, 1.82) is 0 Å². The summed E-state index contributed by atoms with van der Waals surface area (Å²) in [4.78, 5) is 12.1. The highest BCUT2D eigenvalue weighted by molar-refractivity contribution is 6.16. The summed E-state index contributed by atoms with van der Waals surface area (Å²) in [7, 11) is 5.83. The lowest BCUT2D eigenvalue weighted by Gasteiger charge is -2.58. The average Bonchev–Trinajstić information content (AvgIpc) is 3.29. The third-order valence-electron chi connectivity index (χ3n) is 11.3. The normalized spacial score (nSPS) is 35.3. The Morgan fingerprint density at radius 3 is 2.46 bits per heavy atom. The molecule has 4 aliphatic carbocycles. The SMILES string of the molecule is CC.CC.[B]C(C)(CO)NC(=O)CCOC1CCC2(C)C(=CCC3C2CCC2(C)C(CCCCC(C)C)CCC32)C1. The molecule has 3 saturated carbocycles. The zero-order valence-electron chi connectivity index (χ0n) is 28.5. The number of ether oxygens (including phenoxy) is 1. The third-order valence-corrected chi connectivity index (χ3v) is 11.3. The van der Waals surface area contributed by atoms with E-state index < -0.39 is 5.44 Å². The van der Waals surface area contributed by atoms with Gasteiger partial charge in [0.2, 0.25) is 5.91 Å². The van der Waals surface area contributed by atoms with Crippen molar-refractivity contribution in [2.45, 2.75) is 157 Å². The first kappa shape index (κ1) is 36.4. The third kappa shape index (κ3) is 8.87. The first-order valence-corrected chi connectivity index (χ1v) is 17.5. The topological polar surface area (TPSA) is 58.6 Å². The molecule has 0 aromatic carbocycles. The molecule has 0 spiro atoms. The van der Waals surface area contributed by atoms with E-state index in [9.17, 15) is 9.90 Å². The maximum atomic E-state index is 12.1. The van der Waals surface area contributed by atoms with Crippen LogP contribution in [0.3, 0.4) is 0 Å². The fourth-order valence-corrected chi connectivity index (χ4v) is 9.03. The summed E-state index contributed by atoms with van der Waals surface area (Å²) in [6.45, 7) is 19.7. The second-order valence-corrected chi connectivity index (χ2v) is 14.4. The zero-order chi connectivity index (χ0) is 30.8. The van der Waals surface area contributed by atoms with Gasteiger partial charge in [0.15, 0.2) is 0 Å². The highest BCUT2D eigenvalue weighted by Crippen LogP contribution is 2.66. The molecular formula is C36H66BNO3. The average molecular weight is 572 g/mol. The first-order chi connectivity index (χ1) is 19.5. The van der Waals surface area contributed by atoms with Crippen LogP contribution in [-0.4, -0.2) is 43.6 Å². The van der Waals surface area contributed by atoms with Crippen LogP contribution in [0.5, 0.6) is 0 Å². The second-order valence-electron chi connectivity index (χ2n) is 14.4. The molecule has 5 heteroatoms. The zero-order valence-corrected chi connectivity index (χ0v) is 28.5. The smallest absolute Gasteiger partial charge is 0.222 e. The Balaban J connectivity index is 0.00000141. The number of fused-ring (bicyclic) bond motifs is 5. The van der Waals surface area contributed by atoms with Crippen molar-refractivity contribution in [3.63, 3.8) is 0 Å². The van der Waals surface area contributed by atoms with Crippen molar-refractivity contribution in [3.05, 3.63) is 11.6 Å². The highest BCUT2D eigenvalue weighted by Gasteiger charge is 2.58. The van der Waals surface area contributed by atoms with Crippen molar-refractivity contribution in [2.75, 3.05) is 13.2 Å². The number of rotatable bonds is 11. The molecule has 4 rings (SSSR count). The van der Waals surface area contributed by atoms with E-state index in [1.54, 1.807) is 12.5 Å². The van der Waals surface area contributed by atoms with Gasteiger partial charge in [0.1, 0.15) is 7.85 Å². The van der Waals surface area contributed by atoms with Gasteiger partial charge in [-0.2, -0.15) is 0 Å². The van der Waals surface area contributed by atoms with Crippen molar-refractivity contribution >= 4 is 13.8 Å². The van der Waals surface area contributed by atoms with E-state index in [2.05, 4.69) is 39.1 Å². The summed E-state index contributed by atoms with van der Waals surface area (Å²) in [5.74, 6) is 4.23. The molecule has 3 fully saturated rings. The lowest BCUT2D eigenvalue weighted by atomic mass is 9.47. The Bertz CT molecular complexity index is 826. The molecule has 0 aromatic rings. The molecule has 0 aromatic heterocycles. The number of hydrogen-bond acceptors (Lipinski definition) is 3. The Morgan fingerprint density at radius 1 is 1.10 bits per heavy atom. The molecule has 2 radical (unpaired) electrons. The van der Waals surface area contributed by atoms with Crippen molar-refractivity contribution in [2.24, 2.45) is 40.4 Å². The van der Waals surface area contributed by atoms with Crippen molar-refractivity contribution in [3.8, 4) is 0 Å². The number of allylic oxidation sites excluding steroid dienone is 1. The summed E-state index contributed by atoms with van der Waals surface area (Å²) in [6, 6.07) is 0. The van der Waals surface area contributed by atoms with Crippen LogP contribution in [0.25, 0.3) is 0 Å². The molecular weight excluding hydrogens is 505 g/mol. The molecule has 0 aliphatic heterocycles. The predicted octanol–water partition coefficient (Wildman–Crippen LogP) is 8.60. The van der Waals surface area contributed by atoms with Gasteiger partial charge in [-0.1, -0.05) is 86.3 Å². The number of hydrogen-bond donors (Lipinski definition) is 2. The Labute approximate surface area is 256 Å². The fourth-order valence-electron chi connectivity index (χ4n) is 9.03. The van der Waals surface area contributed by atoms with Gasteiger partial charge in [-0.05, 0) is 105 Å². The molecule has 2 N–H and O–H groups in total. The lowest BCUT2D eigenvalue weighted by Crippen LogP contribution is -2.50. The predicted molar refractivity (Wildman–Crippen MR) is 175 cm³/mol. The van der Waals surface area contributed by atoms with Gasteiger partial charge in [-0.3, -0.25) is 4.79 Å². The van der Waals surface area contributed by atoms with E-state index >= 15 is 0 Å². The van der Waals surface area contributed by atoms with Crippen LogP contribution in [0.4, 0.5) is 0 Å². The summed E-state index contributed by atoms with van der Waals surface area (Å²) in [5, 5.41) is 11.9. The molecule has 4 aliphatic rings. The minimum absolute atomic E-state index is 0.167. The molecule has 0 heterocycles. The monoisotopic (exact) mass is 572 g/mol. The van der Waals surface area contributed by atoms with Crippen LogP contribution >= 0.6 is 0 Å². The molecule has 236 valence electrons. The summed E-state index contributed by atoms with van der Waals surface area (Å²) < 4.78 is 6.19. The number of carbonyl (C=O) groups excluding carboxylic acids is 1. The largest absolute Gasteiger partial charge is 0.395 e. The number of nitrogens with one attached hydrogen (secondary N) is 1. The van der Waals surface area contributed by atoms with Gasteiger partial charge in [0.25, 0.3) is 0 Å². The van der Waals surface area contributed by atoms with Crippen LogP contribution in [-0.2, 0) is 9.53 Å². The Hall–Kier alpha value is -0.805. The van der Waals surface area contributed by atoms with Crippen LogP contribution < -0.4 is 5.32 Å². The first-order valence-electron chi connectivity index (χ1n) is 17.5. The van der Waals surface area contributed by atoms with Crippen LogP contribution in [0.1, 0.15) is 146 Å². The standard InChI is InChI=1S/C32H54BNO3.2C2H6/c1-22(2)8-6-7-9-23-11-13-27-26-12-10-24-20-25(37-19-16-29(36)34-32(5,33)21-35)14-17-31(24,4)28(26)15-18-30(23,27)3;2*1-2/h10,22-23,25-28,35H,6-9,11-21H2,1-5H3,(H,34,36);2*1-2H3. The highest BCUT2D eigenvalue weighted by atomic mass is 16.5. The molecule has 41 heavy (non-hydrogen) atoms. The van der Waals surface area contributed by atoms with Crippen LogP contribution in [0.2, 0.25) is 0 Å². The molecule has 8 atom stereocenters. The van der Waals surface area contributed by atoms with Crippen LogP contribution in [0.15, 0.2) is 11.6 Å². The fraction of sp³-hybridized carbons (Fsp3) is 0.917. The molecule has 0 saturated heterocycles. The van der Waals surface area contributed by atoms with Gasteiger partial charge in [-0.25, -0.2) is 0 Å². The minimum atomic E-state index is -1.07. The number of carbonyl (C=O) groups is 1. The van der Waals surface area contributed by atoms with E-state index in [-0.39, 0.29) is 25.0 Å².